The molecule has 104 valence electrons. The summed E-state index contributed by atoms with van der Waals surface area (Å²) in [7, 11) is 1.62. The molecule has 0 saturated carbocycles. The molecule has 21 heavy (non-hydrogen) atoms. The minimum atomic E-state index is 0.113. The van der Waals surface area contributed by atoms with Gasteiger partial charge in [0.25, 0.3) is 0 Å². The third-order valence-corrected chi connectivity index (χ3v) is 4.23. The van der Waals surface area contributed by atoms with Crippen molar-refractivity contribution in [2.75, 3.05) is 7.11 Å². The molecule has 0 saturated heterocycles. The van der Waals surface area contributed by atoms with E-state index in [1.807, 2.05) is 30.6 Å². The van der Waals surface area contributed by atoms with Crippen molar-refractivity contribution in [2.45, 2.75) is 6.04 Å². The summed E-state index contributed by atoms with van der Waals surface area (Å²) in [5.74, 6) is 1.69. The first-order valence-corrected chi connectivity index (χ1v) is 7.13. The Morgan fingerprint density at radius 1 is 1.19 bits per heavy atom. The van der Waals surface area contributed by atoms with Gasteiger partial charge in [-0.2, -0.15) is 0 Å². The van der Waals surface area contributed by atoms with Crippen molar-refractivity contribution in [3.05, 3.63) is 71.0 Å². The third-order valence-electron chi connectivity index (χ3n) is 3.93. The molecule has 4 rings (SSSR count). The van der Waals surface area contributed by atoms with Gasteiger partial charge in [-0.3, -0.25) is 0 Å². The lowest BCUT2D eigenvalue weighted by molar-refractivity contribution is 0.414. The molecule has 4 heteroatoms. The van der Waals surface area contributed by atoms with Crippen molar-refractivity contribution < 1.29 is 4.74 Å². The smallest absolute Gasteiger partial charge is 0.141 e. The van der Waals surface area contributed by atoms with Crippen LogP contribution in [0, 0.1) is 0 Å². The van der Waals surface area contributed by atoms with E-state index >= 15 is 0 Å². The summed E-state index contributed by atoms with van der Waals surface area (Å²) >= 11 is 6.29. The first-order chi connectivity index (χ1) is 10.3. The van der Waals surface area contributed by atoms with Gasteiger partial charge >= 0.3 is 0 Å². The van der Waals surface area contributed by atoms with Gasteiger partial charge < -0.3 is 9.30 Å². The molecule has 1 aliphatic rings. The molecular formula is C17H13ClN2O. The fourth-order valence-corrected chi connectivity index (χ4v) is 3.28. The first kappa shape index (κ1) is 12.5. The normalized spacial score (nSPS) is 15.6. The molecule has 3 aromatic rings. The van der Waals surface area contributed by atoms with Crippen LogP contribution in [0.5, 0.6) is 5.75 Å². The Balaban J connectivity index is 1.91. The van der Waals surface area contributed by atoms with Gasteiger partial charge in [-0.25, -0.2) is 4.98 Å². The lowest BCUT2D eigenvalue weighted by atomic mass is 9.97. The minimum Gasteiger partial charge on any atom is -0.495 e. The molecule has 0 N–H and O–H groups in total. The van der Waals surface area contributed by atoms with E-state index in [0.717, 1.165) is 11.4 Å². The predicted molar refractivity (Wildman–Crippen MR) is 82.9 cm³/mol. The number of benzene rings is 2. The predicted octanol–water partition coefficient (Wildman–Crippen LogP) is 4.16. The first-order valence-electron chi connectivity index (χ1n) is 6.75. The van der Waals surface area contributed by atoms with Gasteiger partial charge in [0, 0.05) is 18.0 Å². The van der Waals surface area contributed by atoms with Crippen LogP contribution >= 0.6 is 11.6 Å². The van der Waals surface area contributed by atoms with E-state index in [2.05, 4.69) is 33.8 Å². The van der Waals surface area contributed by atoms with E-state index < -0.39 is 0 Å². The molecule has 0 fully saturated rings. The van der Waals surface area contributed by atoms with Crippen LogP contribution in [0.4, 0.5) is 0 Å². The van der Waals surface area contributed by atoms with Crippen LogP contribution in [0.3, 0.4) is 0 Å². The molecule has 2 heterocycles. The average molecular weight is 297 g/mol. The molecule has 1 unspecified atom stereocenters. The van der Waals surface area contributed by atoms with Crippen LogP contribution in [0.1, 0.15) is 17.2 Å². The second kappa shape index (κ2) is 4.64. The van der Waals surface area contributed by atoms with E-state index in [-0.39, 0.29) is 6.04 Å². The zero-order chi connectivity index (χ0) is 14.4. The van der Waals surface area contributed by atoms with Crippen LogP contribution in [-0.4, -0.2) is 16.7 Å². The maximum atomic E-state index is 6.29. The lowest BCUT2D eigenvalue weighted by Crippen LogP contribution is -2.06. The Labute approximate surface area is 127 Å². The van der Waals surface area contributed by atoms with E-state index in [1.54, 1.807) is 7.11 Å². The monoisotopic (exact) mass is 296 g/mol. The highest BCUT2D eigenvalue weighted by atomic mass is 35.5. The van der Waals surface area contributed by atoms with Crippen molar-refractivity contribution >= 4 is 11.6 Å². The summed E-state index contributed by atoms with van der Waals surface area (Å²) < 4.78 is 7.42. The number of halogens is 1. The number of methoxy groups -OCH3 is 1. The molecule has 0 spiro atoms. The largest absolute Gasteiger partial charge is 0.495 e. The fraction of sp³-hybridized carbons (Fsp3) is 0.118. The molecule has 1 atom stereocenters. The van der Waals surface area contributed by atoms with Crippen molar-refractivity contribution in [3.63, 3.8) is 0 Å². The Kier molecular flexibility index (Phi) is 2.76. The van der Waals surface area contributed by atoms with E-state index in [9.17, 15) is 0 Å². The van der Waals surface area contributed by atoms with E-state index in [4.69, 9.17) is 16.3 Å². The highest BCUT2D eigenvalue weighted by molar-refractivity contribution is 6.32. The molecule has 0 bridgehead atoms. The Hall–Kier alpha value is -2.26. The van der Waals surface area contributed by atoms with E-state index in [0.29, 0.717) is 10.8 Å². The molecule has 1 aliphatic heterocycles. The van der Waals surface area contributed by atoms with Gasteiger partial charge in [0.15, 0.2) is 0 Å². The van der Waals surface area contributed by atoms with Crippen molar-refractivity contribution in [1.82, 2.24) is 9.55 Å². The van der Waals surface area contributed by atoms with Crippen molar-refractivity contribution in [1.29, 1.82) is 0 Å². The zero-order valence-electron chi connectivity index (χ0n) is 11.5. The van der Waals surface area contributed by atoms with Gasteiger partial charge in [-0.05, 0) is 23.3 Å². The third kappa shape index (κ3) is 1.78. The topological polar surface area (TPSA) is 27.1 Å². The molecule has 0 radical (unpaired) electrons. The van der Waals surface area contributed by atoms with Crippen LogP contribution in [0.15, 0.2) is 54.9 Å². The lowest BCUT2D eigenvalue weighted by Gasteiger charge is -2.16. The number of hydrogen-bond donors (Lipinski definition) is 0. The van der Waals surface area contributed by atoms with Gasteiger partial charge in [0.1, 0.15) is 11.6 Å². The summed E-state index contributed by atoms with van der Waals surface area (Å²) in [5, 5.41) is 0.626. The van der Waals surface area contributed by atoms with Crippen LogP contribution < -0.4 is 4.74 Å². The molecule has 3 nitrogen and oxygen atoms in total. The molecule has 0 amide bonds. The maximum absolute atomic E-state index is 6.29. The average Bonchev–Trinajstić information content (AvgIpc) is 3.07. The van der Waals surface area contributed by atoms with Gasteiger partial charge in [-0.15, -0.1) is 0 Å². The van der Waals surface area contributed by atoms with Gasteiger partial charge in [-0.1, -0.05) is 41.9 Å². The zero-order valence-corrected chi connectivity index (χ0v) is 12.2. The summed E-state index contributed by atoms with van der Waals surface area (Å²) in [6.07, 6.45) is 3.85. The Morgan fingerprint density at radius 2 is 2.05 bits per heavy atom. The summed E-state index contributed by atoms with van der Waals surface area (Å²) in [5.41, 5.74) is 3.56. The minimum absolute atomic E-state index is 0.113. The highest BCUT2D eigenvalue weighted by Crippen LogP contribution is 2.43. The van der Waals surface area contributed by atoms with Gasteiger partial charge in [0.05, 0.1) is 18.2 Å². The molecule has 0 aliphatic carbocycles. The van der Waals surface area contributed by atoms with Crippen LogP contribution in [-0.2, 0) is 0 Å². The fourth-order valence-electron chi connectivity index (χ4n) is 3.01. The summed E-state index contributed by atoms with van der Waals surface area (Å²) in [4.78, 5) is 4.48. The number of nitrogens with zero attached hydrogens (tertiary/aromatic N) is 2. The number of hydrogen-bond acceptors (Lipinski definition) is 2. The Morgan fingerprint density at radius 3 is 2.86 bits per heavy atom. The standard InChI is InChI=1S/C17H13ClN2O/c1-21-15-7-6-11(10-14(15)18)16-12-4-2-3-5-13(12)17-19-8-9-20(16)17/h2-10,16H,1H3. The number of rotatable bonds is 2. The quantitative estimate of drug-likeness (QED) is 0.555. The van der Waals surface area contributed by atoms with E-state index in [1.165, 1.54) is 11.1 Å². The number of ether oxygens (including phenoxy) is 1. The highest BCUT2D eigenvalue weighted by Gasteiger charge is 2.30. The number of imidazole rings is 1. The van der Waals surface area contributed by atoms with Crippen molar-refractivity contribution in [2.24, 2.45) is 0 Å². The number of aromatic nitrogens is 2. The maximum Gasteiger partial charge on any atom is 0.141 e. The van der Waals surface area contributed by atoms with Gasteiger partial charge in [0.2, 0.25) is 0 Å². The molecule has 1 aromatic heterocycles. The number of fused-ring (bicyclic) bond motifs is 3. The second-order valence-electron chi connectivity index (χ2n) is 5.04. The molecule has 2 aromatic carbocycles. The molecular weight excluding hydrogens is 284 g/mol. The van der Waals surface area contributed by atoms with Crippen LogP contribution in [0.25, 0.3) is 11.4 Å². The summed E-state index contributed by atoms with van der Waals surface area (Å²) in [6.45, 7) is 0. The van der Waals surface area contributed by atoms with Crippen molar-refractivity contribution in [3.8, 4) is 17.1 Å². The van der Waals surface area contributed by atoms with Crippen LogP contribution in [0.2, 0.25) is 5.02 Å². The SMILES string of the molecule is COc1ccc(C2c3ccccc3-c3nccn32)cc1Cl. The summed E-state index contributed by atoms with van der Waals surface area (Å²) in [6, 6.07) is 14.4. The second-order valence-corrected chi connectivity index (χ2v) is 5.45. The Bertz CT molecular complexity index is 825.